The molecule has 3 nitrogen and oxygen atoms in total. The molecule has 0 saturated heterocycles. The van der Waals surface area contributed by atoms with Gasteiger partial charge >= 0.3 is 5.97 Å². The normalized spacial score (nSPS) is 10.7. The molecule has 3 aromatic rings. The molecule has 0 aliphatic carbocycles. The van der Waals surface area contributed by atoms with E-state index in [1.807, 2.05) is 24.3 Å². The standard InChI is InChI=1S/C22H15ClO3/c23-20-9-5-4-6-16(20)12-15-21(24)17-10-13-19(14-11-17)26-22(25)18-7-2-1-3-8-18/h1-15H. The Balaban J connectivity index is 1.66. The van der Waals surface area contributed by atoms with E-state index in [4.69, 9.17) is 16.3 Å². The first-order chi connectivity index (χ1) is 12.6. The smallest absolute Gasteiger partial charge is 0.343 e. The minimum Gasteiger partial charge on any atom is -0.423 e. The van der Waals surface area contributed by atoms with E-state index in [1.165, 1.54) is 6.08 Å². The number of esters is 1. The molecule has 0 aliphatic rings. The summed E-state index contributed by atoms with van der Waals surface area (Å²) in [5.74, 6) is -0.223. The highest BCUT2D eigenvalue weighted by molar-refractivity contribution is 6.32. The summed E-state index contributed by atoms with van der Waals surface area (Å²) in [5, 5.41) is 0.583. The van der Waals surface area contributed by atoms with Gasteiger partial charge in [-0.1, -0.05) is 48.0 Å². The Kier molecular flexibility index (Phi) is 5.62. The lowest BCUT2D eigenvalue weighted by molar-refractivity contribution is 0.0734. The topological polar surface area (TPSA) is 43.4 Å². The summed E-state index contributed by atoms with van der Waals surface area (Å²) in [6, 6.07) is 22.4. The number of hydrogen-bond donors (Lipinski definition) is 0. The molecule has 0 heterocycles. The lowest BCUT2D eigenvalue weighted by Crippen LogP contribution is -2.08. The average molecular weight is 363 g/mol. The first-order valence-electron chi connectivity index (χ1n) is 7.98. The van der Waals surface area contributed by atoms with E-state index in [9.17, 15) is 9.59 Å². The van der Waals surface area contributed by atoms with Gasteiger partial charge in [-0.15, -0.1) is 0 Å². The predicted octanol–water partition coefficient (Wildman–Crippen LogP) is 5.46. The summed E-state index contributed by atoms with van der Waals surface area (Å²) in [6.45, 7) is 0. The van der Waals surface area contributed by atoms with Crippen molar-refractivity contribution >= 4 is 29.4 Å². The maximum absolute atomic E-state index is 12.2. The Morgan fingerprint density at radius 1 is 0.769 bits per heavy atom. The first kappa shape index (κ1) is 17.6. The van der Waals surface area contributed by atoms with Crippen LogP contribution in [0.25, 0.3) is 6.08 Å². The van der Waals surface area contributed by atoms with Gasteiger partial charge in [-0.2, -0.15) is 0 Å². The lowest BCUT2D eigenvalue weighted by Gasteiger charge is -2.05. The van der Waals surface area contributed by atoms with Crippen LogP contribution < -0.4 is 4.74 Å². The second-order valence-corrected chi connectivity index (χ2v) is 5.91. The quantitative estimate of drug-likeness (QED) is 0.262. The zero-order chi connectivity index (χ0) is 18.4. The second-order valence-electron chi connectivity index (χ2n) is 5.50. The predicted molar refractivity (Wildman–Crippen MR) is 103 cm³/mol. The number of carbonyl (C=O) groups is 2. The fourth-order valence-electron chi connectivity index (χ4n) is 2.30. The molecule has 0 saturated carbocycles. The van der Waals surface area contributed by atoms with Gasteiger partial charge in [-0.3, -0.25) is 4.79 Å². The summed E-state index contributed by atoms with van der Waals surface area (Å²) < 4.78 is 5.29. The van der Waals surface area contributed by atoms with Crippen LogP contribution in [0.1, 0.15) is 26.3 Å². The average Bonchev–Trinajstić information content (AvgIpc) is 2.68. The van der Waals surface area contributed by atoms with Gasteiger partial charge in [-0.25, -0.2) is 4.79 Å². The van der Waals surface area contributed by atoms with Crippen LogP contribution in [0.15, 0.2) is 84.9 Å². The van der Waals surface area contributed by atoms with Gasteiger partial charge in [0, 0.05) is 10.6 Å². The third-order valence-corrected chi connectivity index (χ3v) is 4.02. The molecular weight excluding hydrogens is 348 g/mol. The van der Waals surface area contributed by atoms with Crippen molar-refractivity contribution < 1.29 is 14.3 Å². The summed E-state index contributed by atoms with van der Waals surface area (Å²) in [6.07, 6.45) is 3.14. The maximum atomic E-state index is 12.2. The van der Waals surface area contributed by atoms with E-state index in [0.29, 0.717) is 21.9 Å². The zero-order valence-electron chi connectivity index (χ0n) is 13.8. The van der Waals surface area contributed by atoms with Crippen molar-refractivity contribution in [3.05, 3.63) is 107 Å². The zero-order valence-corrected chi connectivity index (χ0v) is 14.5. The van der Waals surface area contributed by atoms with Crippen LogP contribution in [-0.2, 0) is 0 Å². The number of carbonyl (C=O) groups excluding carboxylic acids is 2. The number of halogens is 1. The van der Waals surface area contributed by atoms with Crippen LogP contribution in [0.5, 0.6) is 5.75 Å². The van der Waals surface area contributed by atoms with Crippen molar-refractivity contribution in [2.75, 3.05) is 0 Å². The van der Waals surface area contributed by atoms with Crippen LogP contribution >= 0.6 is 11.6 Å². The number of benzene rings is 3. The molecule has 0 aromatic heterocycles. The van der Waals surface area contributed by atoms with E-state index >= 15 is 0 Å². The molecular formula is C22H15ClO3. The molecule has 0 radical (unpaired) electrons. The fourth-order valence-corrected chi connectivity index (χ4v) is 2.50. The second kappa shape index (κ2) is 8.28. The number of hydrogen-bond acceptors (Lipinski definition) is 3. The molecule has 3 rings (SSSR count). The number of ketones is 1. The van der Waals surface area contributed by atoms with Gasteiger partial charge in [0.25, 0.3) is 0 Å². The Morgan fingerprint density at radius 3 is 2.12 bits per heavy atom. The van der Waals surface area contributed by atoms with Crippen LogP contribution in [0.3, 0.4) is 0 Å². The van der Waals surface area contributed by atoms with Crippen LogP contribution in [0.4, 0.5) is 0 Å². The molecule has 0 bridgehead atoms. The Bertz CT molecular complexity index is 945. The van der Waals surface area contributed by atoms with Gasteiger partial charge in [0.05, 0.1) is 5.56 Å². The summed E-state index contributed by atoms with van der Waals surface area (Å²) in [7, 11) is 0. The molecule has 0 fully saturated rings. The largest absolute Gasteiger partial charge is 0.423 e. The Hall–Kier alpha value is -3.17. The number of allylic oxidation sites excluding steroid dienone is 1. The summed E-state index contributed by atoms with van der Waals surface area (Å²) in [4.78, 5) is 24.3. The van der Waals surface area contributed by atoms with Crippen molar-refractivity contribution in [2.45, 2.75) is 0 Å². The van der Waals surface area contributed by atoms with Crippen LogP contribution in [0, 0.1) is 0 Å². The van der Waals surface area contributed by atoms with E-state index < -0.39 is 5.97 Å². The van der Waals surface area contributed by atoms with Crippen molar-refractivity contribution in [1.82, 2.24) is 0 Å². The SMILES string of the molecule is O=C(C=Cc1ccccc1Cl)c1ccc(OC(=O)c2ccccc2)cc1. The first-order valence-corrected chi connectivity index (χ1v) is 8.35. The lowest BCUT2D eigenvalue weighted by atomic mass is 10.1. The fraction of sp³-hybridized carbons (Fsp3) is 0. The van der Waals surface area contributed by atoms with Gasteiger partial charge in [0.15, 0.2) is 5.78 Å². The van der Waals surface area contributed by atoms with Gasteiger partial charge in [-0.05, 0) is 60.2 Å². The molecule has 0 unspecified atom stereocenters. The highest BCUT2D eigenvalue weighted by Gasteiger charge is 2.08. The number of ether oxygens (including phenoxy) is 1. The van der Waals surface area contributed by atoms with Crippen molar-refractivity contribution in [3.63, 3.8) is 0 Å². The van der Waals surface area contributed by atoms with Crippen LogP contribution in [-0.4, -0.2) is 11.8 Å². The minimum absolute atomic E-state index is 0.161. The third-order valence-electron chi connectivity index (χ3n) is 3.68. The van der Waals surface area contributed by atoms with E-state index in [2.05, 4.69) is 0 Å². The van der Waals surface area contributed by atoms with E-state index in [1.54, 1.807) is 60.7 Å². The highest BCUT2D eigenvalue weighted by Crippen LogP contribution is 2.18. The highest BCUT2D eigenvalue weighted by atomic mass is 35.5. The molecule has 128 valence electrons. The minimum atomic E-state index is -0.441. The molecule has 0 aliphatic heterocycles. The van der Waals surface area contributed by atoms with Crippen molar-refractivity contribution in [3.8, 4) is 5.75 Å². The third kappa shape index (κ3) is 4.47. The monoisotopic (exact) mass is 362 g/mol. The van der Waals surface area contributed by atoms with Gasteiger partial charge < -0.3 is 4.74 Å². The van der Waals surface area contributed by atoms with Gasteiger partial charge in [0.2, 0.25) is 0 Å². The van der Waals surface area contributed by atoms with Gasteiger partial charge in [0.1, 0.15) is 5.75 Å². The maximum Gasteiger partial charge on any atom is 0.343 e. The summed E-state index contributed by atoms with van der Waals surface area (Å²) >= 11 is 6.06. The molecule has 0 N–H and O–H groups in total. The van der Waals surface area contributed by atoms with E-state index in [0.717, 1.165) is 5.56 Å². The molecule has 4 heteroatoms. The van der Waals surface area contributed by atoms with Crippen molar-refractivity contribution in [2.24, 2.45) is 0 Å². The summed E-state index contributed by atoms with van der Waals surface area (Å²) in [5.41, 5.74) is 1.74. The molecule has 26 heavy (non-hydrogen) atoms. The van der Waals surface area contributed by atoms with Crippen molar-refractivity contribution in [1.29, 1.82) is 0 Å². The van der Waals surface area contributed by atoms with Crippen LogP contribution in [0.2, 0.25) is 5.02 Å². The number of rotatable bonds is 5. The molecule has 3 aromatic carbocycles. The molecule has 0 spiro atoms. The molecule has 0 amide bonds. The van der Waals surface area contributed by atoms with E-state index in [-0.39, 0.29) is 5.78 Å². The Morgan fingerprint density at radius 2 is 1.42 bits per heavy atom. The molecule has 0 atom stereocenters. The Labute approximate surface area is 156 Å².